The van der Waals surface area contributed by atoms with Crippen molar-refractivity contribution in [3.05, 3.63) is 40.5 Å². The minimum Gasteiger partial charge on any atom is -0.495 e. The van der Waals surface area contributed by atoms with E-state index in [1.54, 1.807) is 26.2 Å². The quantitative estimate of drug-likeness (QED) is 0.633. The Morgan fingerprint density at radius 1 is 1.31 bits per heavy atom. The van der Waals surface area contributed by atoms with Crippen LogP contribution >= 0.6 is 11.6 Å². The van der Waals surface area contributed by atoms with Crippen molar-refractivity contribution in [3.8, 4) is 11.6 Å². The van der Waals surface area contributed by atoms with Gasteiger partial charge in [-0.3, -0.25) is 0 Å². The molecule has 0 atom stereocenters. The Balaban J connectivity index is 1.55. The van der Waals surface area contributed by atoms with Gasteiger partial charge in [0.05, 0.1) is 24.9 Å². The Bertz CT molecular complexity index is 917. The van der Waals surface area contributed by atoms with E-state index >= 15 is 0 Å². The normalized spacial score (nSPS) is 16.7. The van der Waals surface area contributed by atoms with Crippen LogP contribution in [0.15, 0.2) is 24.4 Å². The molecule has 0 amide bonds. The molecule has 2 aliphatic rings. The molecule has 0 N–H and O–H groups in total. The van der Waals surface area contributed by atoms with Crippen molar-refractivity contribution in [1.82, 2.24) is 9.97 Å². The van der Waals surface area contributed by atoms with Gasteiger partial charge < -0.3 is 19.1 Å². The van der Waals surface area contributed by atoms with Crippen LogP contribution in [0.4, 0.5) is 5.95 Å². The number of methoxy groups -OCH3 is 1. The van der Waals surface area contributed by atoms with Crippen molar-refractivity contribution in [3.63, 3.8) is 0 Å². The van der Waals surface area contributed by atoms with Gasteiger partial charge in [-0.05, 0) is 49.3 Å². The average Bonchev–Trinajstić information content (AvgIpc) is 3.35. The monoisotopic (exact) mass is 417 g/mol. The number of aromatic nitrogens is 2. The fraction of sp³-hybridized carbons (Fsp3) is 0.476. The van der Waals surface area contributed by atoms with E-state index in [-0.39, 0.29) is 24.7 Å². The number of anilines is 1. The zero-order chi connectivity index (χ0) is 20.4. The number of hydrogen-bond acceptors (Lipinski definition) is 7. The highest BCUT2D eigenvalue weighted by molar-refractivity contribution is 6.32. The maximum Gasteiger partial charge on any atom is 0.345 e. The van der Waals surface area contributed by atoms with Gasteiger partial charge in [-0.15, -0.1) is 0 Å². The standard InChI is InChI=1S/C21H24ClN3O4/c1-3-28-19(26)15-11-23-20(25-9-8-21(13-25)6-7-21)24-18(15)29-12-14-4-5-17(27-2)16(22)10-14/h4-5,10-11H,3,6-9,12-13H2,1-2H3. The molecule has 2 fully saturated rings. The van der Waals surface area contributed by atoms with Gasteiger partial charge in [0.25, 0.3) is 0 Å². The summed E-state index contributed by atoms with van der Waals surface area (Å²) >= 11 is 6.19. The summed E-state index contributed by atoms with van der Waals surface area (Å²) in [6, 6.07) is 5.40. The van der Waals surface area contributed by atoms with Crippen LogP contribution in [0.5, 0.6) is 11.6 Å². The maximum absolute atomic E-state index is 12.3. The lowest BCUT2D eigenvalue weighted by molar-refractivity contribution is 0.0519. The smallest absolute Gasteiger partial charge is 0.345 e. The number of carbonyl (C=O) groups excluding carboxylic acids is 1. The van der Waals surface area contributed by atoms with Crippen LogP contribution in [0.3, 0.4) is 0 Å². The van der Waals surface area contributed by atoms with Crippen LogP contribution in [-0.4, -0.2) is 42.7 Å². The molecule has 7 nitrogen and oxygen atoms in total. The lowest BCUT2D eigenvalue weighted by atomic mass is 10.1. The number of benzene rings is 1. The van der Waals surface area contributed by atoms with Gasteiger partial charge in [0.15, 0.2) is 0 Å². The van der Waals surface area contributed by atoms with Gasteiger partial charge in [0, 0.05) is 13.1 Å². The highest BCUT2D eigenvalue weighted by Crippen LogP contribution is 2.53. The van der Waals surface area contributed by atoms with Gasteiger partial charge in [-0.1, -0.05) is 17.7 Å². The molecule has 0 radical (unpaired) electrons. The van der Waals surface area contributed by atoms with Crippen molar-refractivity contribution >= 4 is 23.5 Å². The van der Waals surface area contributed by atoms with Crippen molar-refractivity contribution in [2.75, 3.05) is 31.7 Å². The van der Waals surface area contributed by atoms with Gasteiger partial charge in [0.1, 0.15) is 17.9 Å². The Hall–Kier alpha value is -2.54. The predicted molar refractivity (Wildman–Crippen MR) is 109 cm³/mol. The molecule has 1 aromatic heterocycles. The van der Waals surface area contributed by atoms with Crippen LogP contribution < -0.4 is 14.4 Å². The maximum atomic E-state index is 12.3. The summed E-state index contributed by atoms with van der Waals surface area (Å²) in [6.07, 6.45) is 5.20. The fourth-order valence-corrected chi connectivity index (χ4v) is 3.89. The molecule has 29 heavy (non-hydrogen) atoms. The summed E-state index contributed by atoms with van der Waals surface area (Å²) in [4.78, 5) is 23.5. The van der Waals surface area contributed by atoms with Crippen LogP contribution in [-0.2, 0) is 11.3 Å². The third-order valence-corrected chi connectivity index (χ3v) is 5.80. The molecule has 1 aliphatic heterocycles. The molecule has 2 aromatic rings. The van der Waals surface area contributed by atoms with Crippen LogP contribution in [0.25, 0.3) is 0 Å². The molecule has 1 aromatic carbocycles. The molecule has 4 rings (SSSR count). The highest BCUT2D eigenvalue weighted by Gasteiger charge is 2.48. The largest absolute Gasteiger partial charge is 0.495 e. The van der Waals surface area contributed by atoms with E-state index in [4.69, 9.17) is 25.8 Å². The molecule has 154 valence electrons. The second-order valence-corrected chi connectivity index (χ2v) is 7.95. The minimum absolute atomic E-state index is 0.205. The third-order valence-electron chi connectivity index (χ3n) is 5.51. The topological polar surface area (TPSA) is 73.8 Å². The molecule has 2 heterocycles. The van der Waals surface area contributed by atoms with Crippen molar-refractivity contribution < 1.29 is 19.0 Å². The lowest BCUT2D eigenvalue weighted by Crippen LogP contribution is -2.23. The van der Waals surface area contributed by atoms with Gasteiger partial charge >= 0.3 is 5.97 Å². The Morgan fingerprint density at radius 2 is 2.14 bits per heavy atom. The first-order valence-electron chi connectivity index (χ1n) is 9.78. The van der Waals surface area contributed by atoms with E-state index in [1.807, 2.05) is 6.07 Å². The molecule has 1 spiro atoms. The van der Waals surface area contributed by atoms with Crippen LogP contribution in [0, 0.1) is 5.41 Å². The second-order valence-electron chi connectivity index (χ2n) is 7.54. The summed E-state index contributed by atoms with van der Waals surface area (Å²) < 4.78 is 16.2. The van der Waals surface area contributed by atoms with Crippen molar-refractivity contribution in [1.29, 1.82) is 0 Å². The number of esters is 1. The van der Waals surface area contributed by atoms with Crippen molar-refractivity contribution in [2.24, 2.45) is 5.41 Å². The third kappa shape index (κ3) is 4.24. The number of halogens is 1. The number of ether oxygens (including phenoxy) is 3. The summed E-state index contributed by atoms with van der Waals surface area (Å²) in [5, 5.41) is 0.495. The van der Waals surface area contributed by atoms with Gasteiger partial charge in [-0.2, -0.15) is 4.98 Å². The number of carbonyl (C=O) groups is 1. The molecule has 1 aliphatic carbocycles. The Kier molecular flexibility index (Phi) is 5.50. The molecular weight excluding hydrogens is 394 g/mol. The lowest BCUT2D eigenvalue weighted by Gasteiger charge is -2.18. The summed E-state index contributed by atoms with van der Waals surface area (Å²) in [7, 11) is 1.57. The first-order chi connectivity index (χ1) is 14.0. The van der Waals surface area contributed by atoms with E-state index in [9.17, 15) is 4.79 Å². The van der Waals surface area contributed by atoms with Crippen LogP contribution in [0.2, 0.25) is 5.02 Å². The SMILES string of the molecule is CCOC(=O)c1cnc(N2CCC3(CC3)C2)nc1OCc1ccc(OC)c(Cl)c1. The molecule has 8 heteroatoms. The van der Waals surface area contributed by atoms with E-state index in [1.165, 1.54) is 19.0 Å². The average molecular weight is 418 g/mol. The minimum atomic E-state index is -0.498. The fourth-order valence-electron chi connectivity index (χ4n) is 3.61. The summed E-state index contributed by atoms with van der Waals surface area (Å²) in [5.74, 6) is 0.901. The van der Waals surface area contributed by atoms with Crippen LogP contribution in [0.1, 0.15) is 42.1 Å². The summed E-state index contributed by atoms with van der Waals surface area (Å²) in [6.45, 7) is 4.11. The van der Waals surface area contributed by atoms with E-state index in [0.717, 1.165) is 25.1 Å². The molecule has 1 saturated heterocycles. The number of nitrogens with zero attached hydrogens (tertiary/aromatic N) is 3. The van der Waals surface area contributed by atoms with E-state index < -0.39 is 5.97 Å². The zero-order valence-electron chi connectivity index (χ0n) is 16.6. The van der Waals surface area contributed by atoms with Gasteiger partial charge in [0.2, 0.25) is 11.8 Å². The molecule has 1 saturated carbocycles. The van der Waals surface area contributed by atoms with E-state index in [0.29, 0.717) is 22.1 Å². The van der Waals surface area contributed by atoms with Gasteiger partial charge in [-0.25, -0.2) is 9.78 Å². The molecule has 0 bridgehead atoms. The molecular formula is C21H24ClN3O4. The first kappa shape index (κ1) is 19.8. The number of rotatable bonds is 7. The Labute approximate surface area is 174 Å². The molecule has 0 unspecified atom stereocenters. The van der Waals surface area contributed by atoms with E-state index in [2.05, 4.69) is 14.9 Å². The second kappa shape index (κ2) is 8.06. The number of hydrogen-bond donors (Lipinski definition) is 0. The predicted octanol–water partition coefficient (Wildman–Crippen LogP) is 3.88. The zero-order valence-corrected chi connectivity index (χ0v) is 17.4. The van der Waals surface area contributed by atoms with Crippen molar-refractivity contribution in [2.45, 2.75) is 32.8 Å². The Morgan fingerprint density at radius 3 is 2.79 bits per heavy atom. The summed E-state index contributed by atoms with van der Waals surface area (Å²) in [5.41, 5.74) is 1.50. The highest BCUT2D eigenvalue weighted by atomic mass is 35.5. The first-order valence-corrected chi connectivity index (χ1v) is 10.2.